The lowest BCUT2D eigenvalue weighted by molar-refractivity contribution is 0.601. The van der Waals surface area contributed by atoms with Crippen LogP contribution in [0, 0.1) is 0 Å². The van der Waals surface area contributed by atoms with Gasteiger partial charge in [-0.15, -0.1) is 0 Å². The van der Waals surface area contributed by atoms with Crippen LogP contribution in [0.3, 0.4) is 0 Å². The molecule has 0 radical (unpaired) electrons. The van der Waals surface area contributed by atoms with Crippen LogP contribution in [0.1, 0.15) is 23.5 Å². The second-order valence-electron chi connectivity index (χ2n) is 3.93. The van der Waals surface area contributed by atoms with Crippen LogP contribution in [0.15, 0.2) is 18.5 Å². The summed E-state index contributed by atoms with van der Waals surface area (Å²) in [6, 6.07) is 1.96. The standard InChI is InChI=1S/C10H14N2O2S/c11-4-8-3-10(6-12-5-8)9-1-2-15(13,14)7-9/h3,5-6,9H,1-2,4,7,11H2. The largest absolute Gasteiger partial charge is 0.326 e. The van der Waals surface area contributed by atoms with Gasteiger partial charge in [0.05, 0.1) is 11.5 Å². The highest BCUT2D eigenvalue weighted by molar-refractivity contribution is 7.91. The summed E-state index contributed by atoms with van der Waals surface area (Å²) in [7, 11) is -2.82. The van der Waals surface area contributed by atoms with Crippen molar-refractivity contribution in [3.05, 3.63) is 29.6 Å². The monoisotopic (exact) mass is 226 g/mol. The molecule has 1 aromatic heterocycles. The molecule has 1 aliphatic rings. The van der Waals surface area contributed by atoms with E-state index in [2.05, 4.69) is 4.98 Å². The molecule has 0 amide bonds. The minimum atomic E-state index is -2.82. The summed E-state index contributed by atoms with van der Waals surface area (Å²) in [5.74, 6) is 0.654. The third-order valence-corrected chi connectivity index (χ3v) is 4.52. The fourth-order valence-corrected chi connectivity index (χ4v) is 3.68. The highest BCUT2D eigenvalue weighted by Crippen LogP contribution is 2.28. The van der Waals surface area contributed by atoms with E-state index in [0.717, 1.165) is 11.1 Å². The van der Waals surface area contributed by atoms with E-state index in [1.54, 1.807) is 12.4 Å². The molecule has 1 fully saturated rings. The van der Waals surface area contributed by atoms with E-state index in [1.165, 1.54) is 0 Å². The summed E-state index contributed by atoms with van der Waals surface area (Å²) in [5, 5.41) is 0. The van der Waals surface area contributed by atoms with Crippen molar-refractivity contribution in [2.45, 2.75) is 18.9 Å². The number of pyridine rings is 1. The first-order chi connectivity index (χ1) is 7.11. The second-order valence-corrected chi connectivity index (χ2v) is 6.16. The Kier molecular flexibility index (Phi) is 2.75. The zero-order valence-electron chi connectivity index (χ0n) is 8.39. The lowest BCUT2D eigenvalue weighted by Crippen LogP contribution is -2.05. The molecule has 1 aromatic rings. The average molecular weight is 226 g/mol. The molecule has 2 rings (SSSR count). The van der Waals surface area contributed by atoms with Gasteiger partial charge in [0.15, 0.2) is 9.84 Å². The molecule has 1 saturated heterocycles. The van der Waals surface area contributed by atoms with E-state index in [9.17, 15) is 8.42 Å². The van der Waals surface area contributed by atoms with Gasteiger partial charge in [0.2, 0.25) is 0 Å². The fourth-order valence-electron chi connectivity index (χ4n) is 1.90. The summed E-state index contributed by atoms with van der Waals surface area (Å²) in [6.07, 6.45) is 4.16. The molecule has 15 heavy (non-hydrogen) atoms. The van der Waals surface area contributed by atoms with Crippen LogP contribution in [0.4, 0.5) is 0 Å². The van der Waals surface area contributed by atoms with E-state index in [4.69, 9.17) is 5.73 Å². The average Bonchev–Trinajstić information content (AvgIpc) is 2.59. The minimum absolute atomic E-state index is 0.106. The van der Waals surface area contributed by atoms with Crippen LogP contribution in [-0.2, 0) is 16.4 Å². The molecule has 2 heterocycles. The number of sulfone groups is 1. The highest BCUT2D eigenvalue weighted by Gasteiger charge is 2.29. The first-order valence-electron chi connectivity index (χ1n) is 4.95. The van der Waals surface area contributed by atoms with Gasteiger partial charge >= 0.3 is 0 Å². The van der Waals surface area contributed by atoms with Gasteiger partial charge in [-0.1, -0.05) is 6.07 Å². The number of hydrogen-bond donors (Lipinski definition) is 1. The van der Waals surface area contributed by atoms with Crippen molar-refractivity contribution in [2.24, 2.45) is 5.73 Å². The molecule has 4 nitrogen and oxygen atoms in total. The Hall–Kier alpha value is -0.940. The van der Waals surface area contributed by atoms with E-state index >= 15 is 0 Å². The zero-order chi connectivity index (χ0) is 10.9. The van der Waals surface area contributed by atoms with E-state index in [0.29, 0.717) is 18.7 Å². The van der Waals surface area contributed by atoms with Crippen LogP contribution in [0.5, 0.6) is 0 Å². The second kappa shape index (κ2) is 3.90. The third kappa shape index (κ3) is 2.35. The summed E-state index contributed by atoms with van der Waals surface area (Å²) in [4.78, 5) is 4.07. The summed E-state index contributed by atoms with van der Waals surface area (Å²) >= 11 is 0. The molecule has 2 N–H and O–H groups in total. The fraction of sp³-hybridized carbons (Fsp3) is 0.500. The normalized spacial score (nSPS) is 24.2. The van der Waals surface area contributed by atoms with Gasteiger partial charge in [0.25, 0.3) is 0 Å². The third-order valence-electron chi connectivity index (χ3n) is 2.76. The smallest absolute Gasteiger partial charge is 0.150 e. The lowest BCUT2D eigenvalue weighted by atomic mass is 9.99. The van der Waals surface area contributed by atoms with Crippen molar-refractivity contribution in [2.75, 3.05) is 11.5 Å². The van der Waals surface area contributed by atoms with Gasteiger partial charge in [0.1, 0.15) is 0 Å². The van der Waals surface area contributed by atoms with Gasteiger partial charge in [-0.25, -0.2) is 8.42 Å². The predicted octanol–water partition coefficient (Wildman–Crippen LogP) is 0.442. The number of hydrogen-bond acceptors (Lipinski definition) is 4. The highest BCUT2D eigenvalue weighted by atomic mass is 32.2. The van der Waals surface area contributed by atoms with Crippen molar-refractivity contribution in [1.29, 1.82) is 0 Å². The molecular formula is C10H14N2O2S. The summed E-state index contributed by atoms with van der Waals surface area (Å²) in [6.45, 7) is 0.445. The predicted molar refractivity (Wildman–Crippen MR) is 58.1 cm³/mol. The molecule has 0 saturated carbocycles. The van der Waals surface area contributed by atoms with Crippen LogP contribution in [0.2, 0.25) is 0 Å². The number of rotatable bonds is 2. The van der Waals surface area contributed by atoms with Crippen LogP contribution in [-0.4, -0.2) is 24.9 Å². The molecular weight excluding hydrogens is 212 g/mol. The van der Waals surface area contributed by atoms with Gasteiger partial charge in [-0.05, 0) is 17.5 Å². The maximum Gasteiger partial charge on any atom is 0.150 e. The Morgan fingerprint density at radius 2 is 2.27 bits per heavy atom. The van der Waals surface area contributed by atoms with Crippen molar-refractivity contribution >= 4 is 9.84 Å². The first kappa shape index (κ1) is 10.6. The molecule has 0 aromatic carbocycles. The molecule has 1 unspecified atom stereocenters. The Balaban J connectivity index is 2.24. The number of nitrogens with two attached hydrogens (primary N) is 1. The van der Waals surface area contributed by atoms with E-state index < -0.39 is 9.84 Å². The topological polar surface area (TPSA) is 73.0 Å². The van der Waals surface area contributed by atoms with Crippen molar-refractivity contribution in [1.82, 2.24) is 4.98 Å². The molecule has 1 aliphatic heterocycles. The van der Waals surface area contributed by atoms with Gasteiger partial charge in [-0.2, -0.15) is 0 Å². The van der Waals surface area contributed by atoms with Crippen LogP contribution in [0.25, 0.3) is 0 Å². The lowest BCUT2D eigenvalue weighted by Gasteiger charge is -2.08. The van der Waals surface area contributed by atoms with Crippen molar-refractivity contribution < 1.29 is 8.42 Å². The quantitative estimate of drug-likeness (QED) is 0.794. The Morgan fingerprint density at radius 1 is 1.47 bits per heavy atom. The van der Waals surface area contributed by atoms with Gasteiger partial charge in [-0.3, -0.25) is 4.98 Å². The van der Waals surface area contributed by atoms with Crippen LogP contribution >= 0.6 is 0 Å². The molecule has 5 heteroatoms. The van der Waals surface area contributed by atoms with Crippen LogP contribution < -0.4 is 5.73 Å². The maximum absolute atomic E-state index is 11.3. The summed E-state index contributed by atoms with van der Waals surface area (Å²) < 4.78 is 22.6. The minimum Gasteiger partial charge on any atom is -0.326 e. The Labute approximate surface area is 89.4 Å². The van der Waals surface area contributed by atoms with E-state index in [1.807, 2.05) is 6.07 Å². The molecule has 82 valence electrons. The molecule has 0 spiro atoms. The maximum atomic E-state index is 11.3. The van der Waals surface area contributed by atoms with E-state index in [-0.39, 0.29) is 11.7 Å². The Morgan fingerprint density at radius 3 is 2.87 bits per heavy atom. The Bertz CT molecular complexity index is 456. The zero-order valence-corrected chi connectivity index (χ0v) is 9.20. The van der Waals surface area contributed by atoms with Gasteiger partial charge < -0.3 is 5.73 Å². The molecule has 0 aliphatic carbocycles. The summed E-state index contributed by atoms with van der Waals surface area (Å²) in [5.41, 5.74) is 7.47. The van der Waals surface area contributed by atoms with Crippen molar-refractivity contribution in [3.8, 4) is 0 Å². The SMILES string of the molecule is NCc1cncc(C2CCS(=O)(=O)C2)c1. The number of nitrogens with zero attached hydrogens (tertiary/aromatic N) is 1. The van der Waals surface area contributed by atoms with Crippen molar-refractivity contribution in [3.63, 3.8) is 0 Å². The van der Waals surface area contributed by atoms with Gasteiger partial charge in [0, 0.05) is 24.9 Å². The molecule has 0 bridgehead atoms. The number of aromatic nitrogens is 1. The first-order valence-corrected chi connectivity index (χ1v) is 6.77. The molecule has 1 atom stereocenters.